The third kappa shape index (κ3) is 17.8. The van der Waals surface area contributed by atoms with Crippen molar-refractivity contribution in [2.45, 2.75) is 85.6 Å². The van der Waals surface area contributed by atoms with Crippen LogP contribution in [0.2, 0.25) is 0 Å². The molecule has 0 fully saturated rings. The Kier molecular flexibility index (Phi) is 21.1. The SMILES string of the molecule is CC(=O)Oc1cc(OCc2ccccc2)cc(OCc2ccccc2)c1CC(=O)CC(C(=O)Cc1c(OCc2ccccc2)cc(OCc2ccccc2)cc1OC(C)=O)c1c(OCc2ccccc2)cc(OCc2ccccc2)cc1OC(C)=O. The van der Waals surface area contributed by atoms with Crippen LogP contribution in [0.4, 0.5) is 0 Å². The fourth-order valence-electron chi connectivity index (χ4n) is 9.42. The van der Waals surface area contributed by atoms with E-state index in [9.17, 15) is 14.4 Å². The predicted molar refractivity (Wildman–Crippen MR) is 323 cm³/mol. The number of rotatable bonds is 29. The molecule has 9 rings (SSSR count). The maximum absolute atomic E-state index is 16.1. The molecule has 0 radical (unpaired) electrons. The van der Waals surface area contributed by atoms with Crippen LogP contribution in [0.5, 0.6) is 51.7 Å². The van der Waals surface area contributed by atoms with Crippen molar-refractivity contribution in [3.8, 4) is 51.7 Å². The zero-order valence-corrected chi connectivity index (χ0v) is 47.9. The molecule has 14 nitrogen and oxygen atoms in total. The molecule has 86 heavy (non-hydrogen) atoms. The normalized spacial score (nSPS) is 11.1. The Balaban J connectivity index is 1.17. The monoisotopic (exact) mass is 1150 g/mol. The van der Waals surface area contributed by atoms with Crippen molar-refractivity contribution in [1.82, 2.24) is 0 Å². The Labute approximate surface area is 499 Å². The average Bonchev–Trinajstić information content (AvgIpc) is 2.00. The zero-order valence-electron chi connectivity index (χ0n) is 47.9. The van der Waals surface area contributed by atoms with E-state index < -0.39 is 54.7 Å². The fraction of sp³-hybridized carbons (Fsp3) is 0.181. The molecule has 0 spiro atoms. The summed E-state index contributed by atoms with van der Waals surface area (Å²) in [6.07, 6.45) is -1.50. The van der Waals surface area contributed by atoms with Gasteiger partial charge in [0.2, 0.25) is 0 Å². The topological polar surface area (TPSA) is 168 Å². The summed E-state index contributed by atoms with van der Waals surface area (Å²) in [6, 6.07) is 65.9. The second-order valence-corrected chi connectivity index (χ2v) is 20.2. The lowest BCUT2D eigenvalue weighted by atomic mass is 9.84. The standard InChI is InChI=1S/C72H64O14/c1-49(73)84-68-38-59(78-43-52-22-10-4-11-23-52)36-66(81-46-55-28-16-7-17-29-55)63(68)35-58(76)34-62(72-70(83-48-57-32-20-9-21-33-57)40-61(41-71(72)86-51(3)75)80-45-54-26-14-6-15-27-54)65(77)42-64-67(82-47-56-30-18-8-19-31-56)37-60(39-69(64)85-50(2)74)79-44-53-24-12-5-13-25-53/h4-33,36-41,62H,34-35,42-48H2,1-3H3. The molecule has 0 aliphatic heterocycles. The smallest absolute Gasteiger partial charge is 0.308 e. The van der Waals surface area contributed by atoms with Crippen molar-refractivity contribution in [3.63, 3.8) is 0 Å². The van der Waals surface area contributed by atoms with Gasteiger partial charge in [-0.15, -0.1) is 0 Å². The lowest BCUT2D eigenvalue weighted by Crippen LogP contribution is -2.23. The van der Waals surface area contributed by atoms with E-state index in [1.54, 1.807) is 18.2 Å². The lowest BCUT2D eigenvalue weighted by molar-refractivity contribution is -0.133. The van der Waals surface area contributed by atoms with Crippen molar-refractivity contribution in [1.29, 1.82) is 0 Å². The molecule has 14 heteroatoms. The number of carbonyl (C=O) groups excluding carboxylic acids is 5. The van der Waals surface area contributed by atoms with E-state index in [0.29, 0.717) is 5.75 Å². The van der Waals surface area contributed by atoms with E-state index in [0.717, 1.165) is 33.4 Å². The zero-order chi connectivity index (χ0) is 60.0. The van der Waals surface area contributed by atoms with Crippen LogP contribution in [-0.2, 0) is 76.5 Å². The van der Waals surface area contributed by atoms with Crippen LogP contribution in [-0.4, -0.2) is 29.5 Å². The van der Waals surface area contributed by atoms with Gasteiger partial charge in [0, 0.05) is 93.1 Å². The second kappa shape index (κ2) is 30.2. The van der Waals surface area contributed by atoms with Crippen LogP contribution in [0, 0.1) is 0 Å². The summed E-state index contributed by atoms with van der Waals surface area (Å²) in [7, 11) is 0. The molecule has 9 aromatic carbocycles. The van der Waals surface area contributed by atoms with Crippen molar-refractivity contribution >= 4 is 29.5 Å². The summed E-state index contributed by atoms with van der Waals surface area (Å²) in [6.45, 7) is 4.22. The van der Waals surface area contributed by atoms with Crippen molar-refractivity contribution in [3.05, 3.63) is 268 Å². The first kappa shape index (κ1) is 60.1. The molecule has 1 unspecified atom stereocenters. The molecule has 0 N–H and O–H groups in total. The number of esters is 3. The van der Waals surface area contributed by atoms with E-state index in [-0.39, 0.29) is 102 Å². The van der Waals surface area contributed by atoms with Crippen LogP contribution in [0.15, 0.2) is 218 Å². The Bertz CT molecular complexity index is 3730. The van der Waals surface area contributed by atoms with Gasteiger partial charge in [0.15, 0.2) is 0 Å². The lowest BCUT2D eigenvalue weighted by Gasteiger charge is -2.25. The minimum atomic E-state index is -1.48. The molecule has 0 saturated carbocycles. The molecular weight excluding hydrogens is 1090 g/mol. The van der Waals surface area contributed by atoms with Crippen LogP contribution >= 0.6 is 0 Å². The number of hydrogen-bond acceptors (Lipinski definition) is 14. The molecule has 436 valence electrons. The van der Waals surface area contributed by atoms with Gasteiger partial charge in [-0.05, 0) is 33.4 Å². The number of carbonyl (C=O) groups is 5. The molecule has 0 bridgehead atoms. The maximum Gasteiger partial charge on any atom is 0.308 e. The van der Waals surface area contributed by atoms with Gasteiger partial charge in [-0.2, -0.15) is 0 Å². The van der Waals surface area contributed by atoms with Crippen LogP contribution in [0.3, 0.4) is 0 Å². The predicted octanol–water partition coefficient (Wildman–Crippen LogP) is 14.0. The highest BCUT2D eigenvalue weighted by atomic mass is 16.6. The molecule has 0 heterocycles. The quantitative estimate of drug-likeness (QED) is 0.0321. The summed E-state index contributed by atoms with van der Waals surface area (Å²) in [5.74, 6) is -3.66. The van der Waals surface area contributed by atoms with Gasteiger partial charge in [0.1, 0.15) is 103 Å². The summed E-state index contributed by atoms with van der Waals surface area (Å²) in [5.41, 5.74) is 5.38. The minimum Gasteiger partial charge on any atom is -0.489 e. The van der Waals surface area contributed by atoms with E-state index >= 15 is 9.59 Å². The first-order valence-electron chi connectivity index (χ1n) is 28.0. The van der Waals surface area contributed by atoms with Crippen molar-refractivity contribution < 1.29 is 66.6 Å². The number of benzene rings is 9. The number of ketones is 2. The first-order chi connectivity index (χ1) is 41.9. The summed E-state index contributed by atoms with van der Waals surface area (Å²) in [4.78, 5) is 70.9. The fourth-order valence-corrected chi connectivity index (χ4v) is 9.42. The van der Waals surface area contributed by atoms with Crippen molar-refractivity contribution in [2.75, 3.05) is 0 Å². The Morgan fingerprint density at radius 3 is 0.919 bits per heavy atom. The van der Waals surface area contributed by atoms with E-state index in [4.69, 9.17) is 42.6 Å². The summed E-state index contributed by atoms with van der Waals surface area (Å²) >= 11 is 0. The molecule has 0 saturated heterocycles. The van der Waals surface area contributed by atoms with Gasteiger partial charge in [-0.3, -0.25) is 24.0 Å². The van der Waals surface area contributed by atoms with Crippen LogP contribution in [0.25, 0.3) is 0 Å². The number of ether oxygens (including phenoxy) is 9. The second-order valence-electron chi connectivity index (χ2n) is 20.2. The Morgan fingerprint density at radius 2 is 0.581 bits per heavy atom. The highest BCUT2D eigenvalue weighted by molar-refractivity contribution is 5.96. The third-order valence-corrected chi connectivity index (χ3v) is 13.5. The molecular formula is C72H64O14. The maximum atomic E-state index is 16.1. The number of hydrogen-bond donors (Lipinski definition) is 0. The van der Waals surface area contributed by atoms with Crippen LogP contribution in [0.1, 0.15) is 83.2 Å². The van der Waals surface area contributed by atoms with E-state index in [2.05, 4.69) is 0 Å². The summed E-state index contributed by atoms with van der Waals surface area (Å²) < 4.78 is 56.4. The third-order valence-electron chi connectivity index (χ3n) is 13.5. The average molecular weight is 1150 g/mol. The minimum absolute atomic E-state index is 0.00411. The first-order valence-corrected chi connectivity index (χ1v) is 28.0. The largest absolute Gasteiger partial charge is 0.489 e. The highest BCUT2D eigenvalue weighted by Gasteiger charge is 2.34. The van der Waals surface area contributed by atoms with Gasteiger partial charge in [0.25, 0.3) is 0 Å². The Hall–Kier alpha value is -10.5. The Morgan fingerprint density at radius 1 is 0.314 bits per heavy atom. The van der Waals surface area contributed by atoms with Gasteiger partial charge < -0.3 is 42.6 Å². The van der Waals surface area contributed by atoms with E-state index in [1.165, 1.54) is 39.0 Å². The molecule has 0 aromatic heterocycles. The molecule has 0 amide bonds. The molecule has 0 aliphatic rings. The van der Waals surface area contributed by atoms with Gasteiger partial charge in [-0.25, -0.2) is 0 Å². The molecule has 1 atom stereocenters. The molecule has 0 aliphatic carbocycles. The molecule has 9 aromatic rings. The number of Topliss-reactive ketones (excluding diaryl/α,β-unsaturated/α-hetero) is 2. The van der Waals surface area contributed by atoms with Gasteiger partial charge in [-0.1, -0.05) is 182 Å². The van der Waals surface area contributed by atoms with Gasteiger partial charge in [0.05, 0.1) is 5.92 Å². The van der Waals surface area contributed by atoms with Crippen molar-refractivity contribution in [2.24, 2.45) is 0 Å². The van der Waals surface area contributed by atoms with Gasteiger partial charge >= 0.3 is 17.9 Å². The highest BCUT2D eigenvalue weighted by Crippen LogP contribution is 2.45. The van der Waals surface area contributed by atoms with Crippen LogP contribution < -0.4 is 42.6 Å². The summed E-state index contributed by atoms with van der Waals surface area (Å²) in [5, 5.41) is 0. The van der Waals surface area contributed by atoms with E-state index in [1.807, 2.05) is 182 Å².